The van der Waals surface area contributed by atoms with Gasteiger partial charge in [0.15, 0.2) is 0 Å². The van der Waals surface area contributed by atoms with Gasteiger partial charge >= 0.3 is 0 Å². The summed E-state index contributed by atoms with van der Waals surface area (Å²) in [5.41, 5.74) is 1.52. The summed E-state index contributed by atoms with van der Waals surface area (Å²) in [5, 5.41) is 12.9. The van der Waals surface area contributed by atoms with Crippen molar-refractivity contribution >= 4 is 5.91 Å². The lowest BCUT2D eigenvalue weighted by Gasteiger charge is -2.21. The number of carbonyl (C=O) groups is 1. The van der Waals surface area contributed by atoms with Crippen molar-refractivity contribution in [2.75, 3.05) is 0 Å². The van der Waals surface area contributed by atoms with Crippen LogP contribution in [0.5, 0.6) is 5.75 Å². The largest absolute Gasteiger partial charge is 0.508 e. The minimum atomic E-state index is -0.874. The highest BCUT2D eigenvalue weighted by Gasteiger charge is 2.22. The number of hydrogen-bond acceptors (Lipinski definition) is 3. The van der Waals surface area contributed by atoms with Gasteiger partial charge in [-0.15, -0.1) is 0 Å². The average Bonchev–Trinajstić information content (AvgIpc) is 2.62. The van der Waals surface area contributed by atoms with E-state index in [0.717, 1.165) is 12.1 Å². The predicted molar refractivity (Wildman–Crippen MR) is 92.7 cm³/mol. The lowest BCUT2D eigenvalue weighted by molar-refractivity contribution is 0.0937. The average molecular weight is 354 g/mol. The molecule has 3 aromatic rings. The molecule has 4 nitrogen and oxygen atoms in total. The molecule has 0 unspecified atom stereocenters. The third-order valence-corrected chi connectivity index (χ3v) is 3.90. The minimum absolute atomic E-state index is 0.164. The Kier molecular flexibility index (Phi) is 4.93. The first-order valence-corrected chi connectivity index (χ1v) is 7.92. The lowest BCUT2D eigenvalue weighted by Crippen LogP contribution is -2.30. The zero-order chi connectivity index (χ0) is 18.7. The third-order valence-electron chi connectivity index (χ3n) is 3.90. The second-order valence-corrected chi connectivity index (χ2v) is 5.83. The van der Waals surface area contributed by atoms with Gasteiger partial charge in [0.1, 0.15) is 23.1 Å². The molecule has 1 atom stereocenters. The molecular weight excluding hydrogens is 338 g/mol. The van der Waals surface area contributed by atoms with Crippen molar-refractivity contribution in [3.63, 3.8) is 0 Å². The normalized spacial score (nSPS) is 11.8. The molecule has 0 spiro atoms. The van der Waals surface area contributed by atoms with Gasteiger partial charge in [-0.05, 0) is 55.0 Å². The number of nitrogens with one attached hydrogen (secondary N) is 1. The standard InChI is InChI=1S/C20H16F2N2O2/c1-12-3-2-4-17(23-12)20(26)24-19(13-5-7-14(21)8-6-13)16-11-15(22)9-10-18(16)25/h2-11,19,25H,1H3,(H,24,26)/t19-/m0/s1. The van der Waals surface area contributed by atoms with Gasteiger partial charge in [0.25, 0.3) is 5.91 Å². The highest BCUT2D eigenvalue weighted by atomic mass is 19.1. The molecule has 0 radical (unpaired) electrons. The van der Waals surface area contributed by atoms with E-state index in [1.165, 1.54) is 30.3 Å². The summed E-state index contributed by atoms with van der Waals surface area (Å²) in [6.45, 7) is 1.76. The maximum atomic E-state index is 13.7. The number of halogens is 2. The van der Waals surface area contributed by atoms with Crippen molar-refractivity contribution in [3.05, 3.63) is 94.8 Å². The number of aromatic hydroxyl groups is 1. The van der Waals surface area contributed by atoms with Crippen molar-refractivity contribution in [1.82, 2.24) is 10.3 Å². The number of amides is 1. The van der Waals surface area contributed by atoms with E-state index in [0.29, 0.717) is 11.3 Å². The van der Waals surface area contributed by atoms with Crippen LogP contribution in [-0.4, -0.2) is 16.0 Å². The number of phenolic OH excluding ortho intramolecular Hbond substituents is 1. The molecule has 2 aromatic carbocycles. The van der Waals surface area contributed by atoms with Gasteiger partial charge in [-0.25, -0.2) is 13.8 Å². The molecule has 1 heterocycles. The van der Waals surface area contributed by atoms with Crippen LogP contribution in [0.15, 0.2) is 60.7 Å². The van der Waals surface area contributed by atoms with Crippen LogP contribution < -0.4 is 5.32 Å². The van der Waals surface area contributed by atoms with E-state index >= 15 is 0 Å². The zero-order valence-electron chi connectivity index (χ0n) is 13.9. The van der Waals surface area contributed by atoms with Crippen molar-refractivity contribution in [1.29, 1.82) is 0 Å². The van der Waals surface area contributed by atoms with Crippen molar-refractivity contribution < 1.29 is 18.7 Å². The number of aromatic nitrogens is 1. The number of pyridine rings is 1. The highest BCUT2D eigenvalue weighted by molar-refractivity contribution is 5.92. The van der Waals surface area contributed by atoms with Crippen molar-refractivity contribution in [2.45, 2.75) is 13.0 Å². The Balaban J connectivity index is 2.01. The summed E-state index contributed by atoms with van der Waals surface area (Å²) in [6.07, 6.45) is 0. The van der Waals surface area contributed by atoms with E-state index in [9.17, 15) is 18.7 Å². The fraction of sp³-hybridized carbons (Fsp3) is 0.100. The van der Waals surface area contributed by atoms with E-state index in [-0.39, 0.29) is 17.0 Å². The van der Waals surface area contributed by atoms with Gasteiger partial charge in [-0.1, -0.05) is 18.2 Å². The van der Waals surface area contributed by atoms with Crippen LogP contribution in [0, 0.1) is 18.6 Å². The first-order valence-electron chi connectivity index (χ1n) is 7.92. The van der Waals surface area contributed by atoms with Crippen LogP contribution in [0.3, 0.4) is 0 Å². The summed E-state index contributed by atoms with van der Waals surface area (Å²) in [5.74, 6) is -1.68. The third kappa shape index (κ3) is 3.85. The lowest BCUT2D eigenvalue weighted by atomic mass is 9.97. The summed E-state index contributed by atoms with van der Waals surface area (Å²) in [4.78, 5) is 16.8. The van der Waals surface area contributed by atoms with Gasteiger partial charge in [0.05, 0.1) is 6.04 Å². The van der Waals surface area contributed by atoms with Crippen LogP contribution in [0.4, 0.5) is 8.78 Å². The van der Waals surface area contributed by atoms with Gasteiger partial charge in [0.2, 0.25) is 0 Å². The second kappa shape index (κ2) is 7.31. The number of hydrogen-bond donors (Lipinski definition) is 2. The number of aryl methyl sites for hydroxylation is 1. The summed E-state index contributed by atoms with van der Waals surface area (Å²) < 4.78 is 27.0. The first kappa shape index (κ1) is 17.5. The molecular formula is C20H16F2N2O2. The minimum Gasteiger partial charge on any atom is -0.508 e. The van der Waals surface area contributed by atoms with E-state index < -0.39 is 23.6 Å². The molecule has 0 saturated heterocycles. The van der Waals surface area contributed by atoms with Gasteiger partial charge in [0, 0.05) is 11.3 Å². The summed E-state index contributed by atoms with van der Waals surface area (Å²) in [7, 11) is 0. The van der Waals surface area contributed by atoms with Crippen molar-refractivity contribution in [2.24, 2.45) is 0 Å². The molecule has 0 aliphatic rings. The molecule has 0 aliphatic heterocycles. The Bertz CT molecular complexity index is 943. The van der Waals surface area contributed by atoms with Crippen LogP contribution in [0.1, 0.15) is 33.4 Å². The molecule has 2 N–H and O–H groups in total. The van der Waals surface area contributed by atoms with Gasteiger partial charge in [-0.3, -0.25) is 4.79 Å². The Morgan fingerprint density at radius 1 is 1.04 bits per heavy atom. The smallest absolute Gasteiger partial charge is 0.270 e. The molecule has 132 valence electrons. The molecule has 1 amide bonds. The highest BCUT2D eigenvalue weighted by Crippen LogP contribution is 2.30. The van der Waals surface area contributed by atoms with E-state index in [1.807, 2.05) is 0 Å². The van der Waals surface area contributed by atoms with Crippen molar-refractivity contribution in [3.8, 4) is 5.75 Å². The monoisotopic (exact) mass is 354 g/mol. The molecule has 1 aromatic heterocycles. The second-order valence-electron chi connectivity index (χ2n) is 5.83. The SMILES string of the molecule is Cc1cccc(C(=O)N[C@@H](c2ccc(F)cc2)c2cc(F)ccc2O)n1. The first-order chi connectivity index (χ1) is 12.4. The Labute approximate surface area is 149 Å². The van der Waals surface area contributed by atoms with Gasteiger partial charge in [-0.2, -0.15) is 0 Å². The van der Waals surface area contributed by atoms with E-state index in [4.69, 9.17) is 0 Å². The molecule has 26 heavy (non-hydrogen) atoms. The Morgan fingerprint density at radius 3 is 2.42 bits per heavy atom. The topological polar surface area (TPSA) is 62.2 Å². The van der Waals surface area contributed by atoms with Gasteiger partial charge < -0.3 is 10.4 Å². The maximum absolute atomic E-state index is 13.7. The van der Waals surface area contributed by atoms with Crippen LogP contribution in [0.2, 0.25) is 0 Å². The quantitative estimate of drug-likeness (QED) is 0.747. The predicted octanol–water partition coefficient (Wildman–Crippen LogP) is 3.89. The zero-order valence-corrected chi connectivity index (χ0v) is 13.9. The Morgan fingerprint density at radius 2 is 1.73 bits per heavy atom. The molecule has 3 rings (SSSR count). The molecule has 0 saturated carbocycles. The number of phenols is 1. The molecule has 6 heteroatoms. The van der Waals surface area contributed by atoms with Crippen LogP contribution in [0.25, 0.3) is 0 Å². The number of carbonyl (C=O) groups excluding carboxylic acids is 1. The molecule has 0 fully saturated rings. The summed E-state index contributed by atoms with van der Waals surface area (Å²) in [6, 6.07) is 13.0. The van der Waals surface area contributed by atoms with Crippen LogP contribution >= 0.6 is 0 Å². The maximum Gasteiger partial charge on any atom is 0.270 e. The number of nitrogens with zero attached hydrogens (tertiary/aromatic N) is 1. The molecule has 0 aliphatic carbocycles. The number of benzene rings is 2. The fourth-order valence-electron chi connectivity index (χ4n) is 2.63. The fourth-order valence-corrected chi connectivity index (χ4v) is 2.63. The number of rotatable bonds is 4. The summed E-state index contributed by atoms with van der Waals surface area (Å²) >= 11 is 0. The Hall–Kier alpha value is -3.28. The van der Waals surface area contributed by atoms with E-state index in [1.54, 1.807) is 25.1 Å². The molecule has 0 bridgehead atoms. The van der Waals surface area contributed by atoms with E-state index in [2.05, 4.69) is 10.3 Å². The van der Waals surface area contributed by atoms with Crippen LogP contribution in [-0.2, 0) is 0 Å².